The van der Waals surface area contributed by atoms with Gasteiger partial charge in [0.25, 0.3) is 0 Å². The number of benzene rings is 7. The molecular formula is C42H31N. The van der Waals surface area contributed by atoms with Gasteiger partial charge in [0.2, 0.25) is 0 Å². The summed E-state index contributed by atoms with van der Waals surface area (Å²) in [6.07, 6.45) is 0. The first kappa shape index (κ1) is 26.3. The van der Waals surface area contributed by atoms with E-state index < -0.39 is 0 Å². The summed E-state index contributed by atoms with van der Waals surface area (Å²) in [5.74, 6) is 0. The summed E-state index contributed by atoms with van der Waals surface area (Å²) in [7, 11) is 0. The average molecular weight is 550 g/mol. The zero-order valence-corrected chi connectivity index (χ0v) is 23.8. The van der Waals surface area contributed by atoms with Gasteiger partial charge in [-0.25, -0.2) is 0 Å². The molecule has 0 saturated carbocycles. The minimum Gasteiger partial charge on any atom is -0.310 e. The van der Waals surface area contributed by atoms with Crippen LogP contribution in [0.25, 0.3) is 44.5 Å². The van der Waals surface area contributed by atoms with E-state index in [1.807, 2.05) is 0 Å². The van der Waals surface area contributed by atoms with Gasteiger partial charge >= 0.3 is 0 Å². The van der Waals surface area contributed by atoms with Gasteiger partial charge in [-0.2, -0.15) is 0 Å². The summed E-state index contributed by atoms with van der Waals surface area (Å²) in [5.41, 5.74) is 12.9. The van der Waals surface area contributed by atoms with E-state index in [-0.39, 0.29) is 0 Å². The number of hydrogen-bond donors (Lipinski definition) is 0. The summed E-state index contributed by atoms with van der Waals surface area (Å²) >= 11 is 0. The molecule has 0 heterocycles. The fraction of sp³-hybridized carbons (Fsp3) is 0. The number of rotatable bonds is 7. The third-order valence-corrected chi connectivity index (χ3v) is 7.90. The predicted octanol–water partition coefficient (Wildman–Crippen LogP) is 11.8. The van der Waals surface area contributed by atoms with Gasteiger partial charge in [-0.1, -0.05) is 158 Å². The van der Waals surface area contributed by atoms with E-state index in [1.54, 1.807) is 0 Å². The van der Waals surface area contributed by atoms with Crippen LogP contribution < -0.4 is 4.90 Å². The minimum absolute atomic E-state index is 1.11. The van der Waals surface area contributed by atoms with Crippen LogP contribution in [0.2, 0.25) is 0 Å². The van der Waals surface area contributed by atoms with E-state index in [0.29, 0.717) is 0 Å². The van der Waals surface area contributed by atoms with Gasteiger partial charge in [0.1, 0.15) is 0 Å². The molecule has 7 aromatic rings. The summed E-state index contributed by atoms with van der Waals surface area (Å²) in [5, 5.41) is 0. The molecule has 7 rings (SSSR count). The van der Waals surface area contributed by atoms with Gasteiger partial charge < -0.3 is 4.90 Å². The van der Waals surface area contributed by atoms with E-state index in [4.69, 9.17) is 0 Å². The van der Waals surface area contributed by atoms with Gasteiger partial charge in [0.05, 0.1) is 5.69 Å². The largest absolute Gasteiger partial charge is 0.310 e. The molecule has 0 aliphatic rings. The summed E-state index contributed by atoms with van der Waals surface area (Å²) in [4.78, 5) is 2.39. The molecule has 0 radical (unpaired) electrons. The van der Waals surface area contributed by atoms with Crippen molar-refractivity contribution in [2.75, 3.05) is 4.90 Å². The molecule has 0 fully saturated rings. The zero-order valence-electron chi connectivity index (χ0n) is 23.8. The highest BCUT2D eigenvalue weighted by molar-refractivity contribution is 5.91. The van der Waals surface area contributed by atoms with E-state index in [0.717, 1.165) is 17.1 Å². The molecule has 0 N–H and O–H groups in total. The average Bonchev–Trinajstić information content (AvgIpc) is 3.10. The van der Waals surface area contributed by atoms with Crippen LogP contribution in [0.3, 0.4) is 0 Å². The lowest BCUT2D eigenvalue weighted by Crippen LogP contribution is -2.11. The van der Waals surface area contributed by atoms with Crippen LogP contribution in [0.5, 0.6) is 0 Å². The molecule has 0 saturated heterocycles. The van der Waals surface area contributed by atoms with Crippen molar-refractivity contribution in [3.05, 3.63) is 188 Å². The van der Waals surface area contributed by atoms with Crippen LogP contribution in [0.15, 0.2) is 188 Å². The molecule has 0 aromatic heterocycles. The first-order chi connectivity index (χ1) is 21.3. The van der Waals surface area contributed by atoms with Gasteiger partial charge in [-0.15, -0.1) is 0 Å². The van der Waals surface area contributed by atoms with Crippen molar-refractivity contribution >= 4 is 17.1 Å². The monoisotopic (exact) mass is 549 g/mol. The lowest BCUT2D eigenvalue weighted by molar-refractivity contribution is 1.28. The van der Waals surface area contributed by atoms with Crippen molar-refractivity contribution in [3.8, 4) is 44.5 Å². The van der Waals surface area contributed by atoms with Crippen molar-refractivity contribution < 1.29 is 0 Å². The minimum atomic E-state index is 1.11. The van der Waals surface area contributed by atoms with Crippen LogP contribution in [-0.2, 0) is 0 Å². The third-order valence-electron chi connectivity index (χ3n) is 7.90. The fourth-order valence-corrected chi connectivity index (χ4v) is 5.68. The van der Waals surface area contributed by atoms with Crippen LogP contribution in [0.4, 0.5) is 17.1 Å². The van der Waals surface area contributed by atoms with Crippen LogP contribution in [0, 0.1) is 0 Å². The standard InChI is InChI=1S/C42H31N/c1-5-13-32(14-6-1)35-21-26-39(27-22-35)43(40-28-23-36(24-29-40)33-15-7-2-8-16-33)42-31-38(34-17-9-3-10-18-34)25-30-41(42)37-19-11-4-12-20-37/h1-31H. The van der Waals surface area contributed by atoms with Crippen LogP contribution >= 0.6 is 0 Å². The smallest absolute Gasteiger partial charge is 0.0546 e. The van der Waals surface area contributed by atoms with Gasteiger partial charge in [0.15, 0.2) is 0 Å². The second-order valence-corrected chi connectivity index (χ2v) is 10.6. The molecule has 0 spiro atoms. The Morgan fingerprint density at radius 3 is 1.00 bits per heavy atom. The molecular weight excluding hydrogens is 518 g/mol. The Labute approximate surface area is 254 Å². The maximum atomic E-state index is 2.39. The highest BCUT2D eigenvalue weighted by Gasteiger charge is 2.19. The first-order valence-corrected chi connectivity index (χ1v) is 14.7. The van der Waals surface area contributed by atoms with Crippen LogP contribution in [0.1, 0.15) is 0 Å². The maximum absolute atomic E-state index is 2.39. The van der Waals surface area contributed by atoms with E-state index in [9.17, 15) is 0 Å². The Bertz CT molecular complexity index is 1830. The van der Waals surface area contributed by atoms with Gasteiger partial charge in [-0.05, 0) is 69.3 Å². The summed E-state index contributed by atoms with van der Waals surface area (Å²) < 4.78 is 0. The molecule has 7 aromatic carbocycles. The zero-order chi connectivity index (χ0) is 28.8. The van der Waals surface area contributed by atoms with E-state index in [2.05, 4.69) is 193 Å². The summed E-state index contributed by atoms with van der Waals surface area (Å²) in [6, 6.07) is 67.0. The Hall–Kier alpha value is -5.66. The molecule has 1 heteroatoms. The molecule has 0 aliphatic carbocycles. The highest BCUT2D eigenvalue weighted by atomic mass is 15.1. The van der Waals surface area contributed by atoms with Gasteiger partial charge in [-0.3, -0.25) is 0 Å². The predicted molar refractivity (Wildman–Crippen MR) is 183 cm³/mol. The van der Waals surface area contributed by atoms with Crippen LogP contribution in [-0.4, -0.2) is 0 Å². The van der Waals surface area contributed by atoms with Crippen molar-refractivity contribution in [2.45, 2.75) is 0 Å². The molecule has 1 nitrogen and oxygen atoms in total. The second-order valence-electron chi connectivity index (χ2n) is 10.6. The second kappa shape index (κ2) is 12.1. The molecule has 204 valence electrons. The fourth-order valence-electron chi connectivity index (χ4n) is 5.68. The topological polar surface area (TPSA) is 3.24 Å². The lowest BCUT2D eigenvalue weighted by Gasteiger charge is -2.29. The maximum Gasteiger partial charge on any atom is 0.0546 e. The Kier molecular flexibility index (Phi) is 7.36. The third kappa shape index (κ3) is 5.62. The normalized spacial score (nSPS) is 10.8. The van der Waals surface area contributed by atoms with Gasteiger partial charge in [0, 0.05) is 16.9 Å². The molecule has 0 aliphatic heterocycles. The molecule has 43 heavy (non-hydrogen) atoms. The Morgan fingerprint density at radius 2 is 0.581 bits per heavy atom. The molecule has 0 amide bonds. The van der Waals surface area contributed by atoms with Crippen molar-refractivity contribution in [2.24, 2.45) is 0 Å². The molecule has 0 atom stereocenters. The number of nitrogens with zero attached hydrogens (tertiary/aromatic N) is 1. The molecule has 0 unspecified atom stereocenters. The number of anilines is 3. The highest BCUT2D eigenvalue weighted by Crippen LogP contribution is 2.43. The lowest BCUT2D eigenvalue weighted by atomic mass is 9.96. The van der Waals surface area contributed by atoms with Crippen molar-refractivity contribution in [1.29, 1.82) is 0 Å². The quantitative estimate of drug-likeness (QED) is 0.191. The van der Waals surface area contributed by atoms with E-state index >= 15 is 0 Å². The first-order valence-electron chi connectivity index (χ1n) is 14.7. The van der Waals surface area contributed by atoms with E-state index in [1.165, 1.54) is 44.5 Å². The van der Waals surface area contributed by atoms with Crippen molar-refractivity contribution in [1.82, 2.24) is 0 Å². The Balaban J connectivity index is 1.41. The van der Waals surface area contributed by atoms with Crippen molar-refractivity contribution in [3.63, 3.8) is 0 Å². The number of hydrogen-bond acceptors (Lipinski definition) is 1. The summed E-state index contributed by atoms with van der Waals surface area (Å²) in [6.45, 7) is 0. The SMILES string of the molecule is c1ccc(-c2ccc(N(c3ccc(-c4ccccc4)cc3)c3cc(-c4ccccc4)ccc3-c3ccccc3)cc2)cc1. The molecule has 0 bridgehead atoms. The Morgan fingerprint density at radius 1 is 0.256 bits per heavy atom.